The van der Waals surface area contributed by atoms with Crippen LogP contribution >= 0.6 is 0 Å². The van der Waals surface area contributed by atoms with Crippen LogP contribution in [0.25, 0.3) is 0 Å². The SMILES string of the molecule is CC(=O)Nc1ccc(C(=O)OCC(=O)NC2(C#N)CCCCC2)cc1. The Hall–Kier alpha value is -2.88. The van der Waals surface area contributed by atoms with E-state index in [0.717, 1.165) is 19.3 Å². The Morgan fingerprint density at radius 1 is 1.16 bits per heavy atom. The van der Waals surface area contributed by atoms with Crippen molar-refractivity contribution in [3.8, 4) is 6.07 Å². The minimum absolute atomic E-state index is 0.207. The van der Waals surface area contributed by atoms with E-state index >= 15 is 0 Å². The Bertz CT molecular complexity index is 685. The summed E-state index contributed by atoms with van der Waals surface area (Å²) in [6.07, 6.45) is 4.09. The summed E-state index contributed by atoms with van der Waals surface area (Å²) in [5.74, 6) is -1.33. The van der Waals surface area contributed by atoms with Crippen molar-refractivity contribution >= 4 is 23.5 Å². The first-order valence-corrected chi connectivity index (χ1v) is 8.21. The molecule has 1 aliphatic rings. The number of ether oxygens (including phenoxy) is 1. The third kappa shape index (κ3) is 5.31. The van der Waals surface area contributed by atoms with Gasteiger partial charge in [-0.3, -0.25) is 9.59 Å². The maximum absolute atomic E-state index is 12.0. The molecule has 1 fully saturated rings. The fourth-order valence-corrected chi connectivity index (χ4v) is 2.83. The topological polar surface area (TPSA) is 108 Å². The van der Waals surface area contributed by atoms with E-state index in [-0.39, 0.29) is 11.5 Å². The van der Waals surface area contributed by atoms with Gasteiger partial charge in [0.15, 0.2) is 6.61 Å². The standard InChI is InChI=1S/C18H21N3O4/c1-13(22)20-15-7-5-14(6-8-15)17(24)25-11-16(23)21-18(12-19)9-3-2-4-10-18/h5-8H,2-4,9-11H2,1H3,(H,20,22)(H,21,23). The second-order valence-electron chi connectivity index (χ2n) is 6.14. The van der Waals surface area contributed by atoms with Gasteiger partial charge in [-0.1, -0.05) is 19.3 Å². The fourth-order valence-electron chi connectivity index (χ4n) is 2.83. The number of esters is 1. The average Bonchev–Trinajstić information content (AvgIpc) is 2.60. The summed E-state index contributed by atoms with van der Waals surface area (Å²) in [6.45, 7) is 0.955. The molecule has 2 amide bonds. The van der Waals surface area contributed by atoms with E-state index in [1.165, 1.54) is 19.1 Å². The molecular formula is C18H21N3O4. The monoisotopic (exact) mass is 343 g/mol. The van der Waals surface area contributed by atoms with Gasteiger partial charge in [-0.05, 0) is 37.1 Å². The van der Waals surface area contributed by atoms with E-state index in [1.54, 1.807) is 12.1 Å². The minimum atomic E-state index is -0.845. The number of hydrogen-bond donors (Lipinski definition) is 2. The number of carbonyl (C=O) groups excluding carboxylic acids is 3. The summed E-state index contributed by atoms with van der Waals surface area (Å²) in [5.41, 5.74) is -0.00788. The molecule has 7 nitrogen and oxygen atoms in total. The van der Waals surface area contributed by atoms with Crippen LogP contribution in [0, 0.1) is 11.3 Å². The van der Waals surface area contributed by atoms with Gasteiger partial charge in [0.05, 0.1) is 11.6 Å². The molecule has 0 atom stereocenters. The second-order valence-corrected chi connectivity index (χ2v) is 6.14. The van der Waals surface area contributed by atoms with Crippen molar-refractivity contribution in [1.29, 1.82) is 5.26 Å². The number of nitriles is 1. The Morgan fingerprint density at radius 2 is 1.80 bits per heavy atom. The zero-order valence-corrected chi connectivity index (χ0v) is 14.1. The number of rotatable bonds is 5. The van der Waals surface area contributed by atoms with Gasteiger partial charge in [-0.25, -0.2) is 4.79 Å². The number of hydrogen-bond acceptors (Lipinski definition) is 5. The summed E-state index contributed by atoms with van der Waals surface area (Å²) in [5, 5.41) is 14.6. The van der Waals surface area contributed by atoms with Crippen molar-refractivity contribution < 1.29 is 19.1 Å². The lowest BCUT2D eigenvalue weighted by Crippen LogP contribution is -2.50. The molecular weight excluding hydrogens is 322 g/mol. The number of nitrogens with zero attached hydrogens (tertiary/aromatic N) is 1. The third-order valence-corrected chi connectivity index (χ3v) is 4.08. The van der Waals surface area contributed by atoms with Crippen LogP contribution in [0.3, 0.4) is 0 Å². The molecule has 0 spiro atoms. The van der Waals surface area contributed by atoms with Crippen LogP contribution in [0.4, 0.5) is 5.69 Å². The number of benzene rings is 1. The molecule has 1 aromatic rings. The van der Waals surface area contributed by atoms with Gasteiger partial charge in [0.25, 0.3) is 5.91 Å². The molecule has 0 heterocycles. The second kappa shape index (κ2) is 8.29. The van der Waals surface area contributed by atoms with Crippen LogP contribution in [0.5, 0.6) is 0 Å². The van der Waals surface area contributed by atoms with Crippen molar-refractivity contribution in [3.63, 3.8) is 0 Å². The molecule has 2 N–H and O–H groups in total. The number of amides is 2. The summed E-state index contributed by atoms with van der Waals surface area (Å²) in [7, 11) is 0. The maximum Gasteiger partial charge on any atom is 0.338 e. The van der Waals surface area contributed by atoms with Crippen LogP contribution < -0.4 is 10.6 Å². The Balaban J connectivity index is 1.85. The highest BCUT2D eigenvalue weighted by Crippen LogP contribution is 2.27. The molecule has 1 aromatic carbocycles. The van der Waals surface area contributed by atoms with Crippen molar-refractivity contribution in [2.24, 2.45) is 0 Å². The van der Waals surface area contributed by atoms with E-state index in [9.17, 15) is 19.6 Å². The third-order valence-electron chi connectivity index (χ3n) is 4.08. The van der Waals surface area contributed by atoms with Gasteiger partial charge in [-0.2, -0.15) is 5.26 Å². The quantitative estimate of drug-likeness (QED) is 0.796. The average molecular weight is 343 g/mol. The normalized spacial score (nSPS) is 15.5. The van der Waals surface area contributed by atoms with Crippen LogP contribution in [-0.4, -0.2) is 29.9 Å². The minimum Gasteiger partial charge on any atom is -0.452 e. The molecule has 1 saturated carbocycles. The van der Waals surface area contributed by atoms with Crippen molar-refractivity contribution in [2.75, 3.05) is 11.9 Å². The van der Waals surface area contributed by atoms with E-state index in [2.05, 4.69) is 16.7 Å². The number of nitrogens with one attached hydrogen (secondary N) is 2. The molecule has 25 heavy (non-hydrogen) atoms. The van der Waals surface area contributed by atoms with Gasteiger partial charge >= 0.3 is 5.97 Å². The smallest absolute Gasteiger partial charge is 0.338 e. The molecule has 0 saturated heterocycles. The van der Waals surface area contributed by atoms with Crippen molar-refractivity contribution in [3.05, 3.63) is 29.8 Å². The largest absolute Gasteiger partial charge is 0.452 e. The highest BCUT2D eigenvalue weighted by molar-refractivity contribution is 5.93. The number of anilines is 1. The first kappa shape index (κ1) is 18.5. The highest BCUT2D eigenvalue weighted by atomic mass is 16.5. The lowest BCUT2D eigenvalue weighted by atomic mass is 9.83. The van der Waals surface area contributed by atoms with Crippen LogP contribution in [0.15, 0.2) is 24.3 Å². The maximum atomic E-state index is 12.0. The molecule has 1 aliphatic carbocycles. The first-order chi connectivity index (χ1) is 11.9. The Kier molecular flexibility index (Phi) is 6.12. The van der Waals surface area contributed by atoms with Gasteiger partial charge in [0.1, 0.15) is 5.54 Å². The van der Waals surface area contributed by atoms with Gasteiger partial charge in [-0.15, -0.1) is 0 Å². The lowest BCUT2D eigenvalue weighted by molar-refractivity contribution is -0.126. The van der Waals surface area contributed by atoms with Crippen LogP contribution in [0.2, 0.25) is 0 Å². The summed E-state index contributed by atoms with van der Waals surface area (Å²) in [6, 6.07) is 8.34. The molecule has 2 rings (SSSR count). The molecule has 0 aliphatic heterocycles. The van der Waals surface area contributed by atoms with Crippen molar-refractivity contribution in [1.82, 2.24) is 5.32 Å². The molecule has 0 unspecified atom stereocenters. The van der Waals surface area contributed by atoms with E-state index in [4.69, 9.17) is 4.74 Å². The lowest BCUT2D eigenvalue weighted by Gasteiger charge is -2.31. The first-order valence-electron chi connectivity index (χ1n) is 8.21. The summed E-state index contributed by atoms with van der Waals surface area (Å²) < 4.78 is 4.99. The Labute approximate surface area is 146 Å². The molecule has 132 valence electrons. The Morgan fingerprint density at radius 3 is 2.36 bits per heavy atom. The van der Waals surface area contributed by atoms with E-state index < -0.39 is 24.0 Å². The fraction of sp³-hybridized carbons (Fsp3) is 0.444. The van der Waals surface area contributed by atoms with Gasteiger partial charge in [0, 0.05) is 12.6 Å². The van der Waals surface area contributed by atoms with E-state index in [0.29, 0.717) is 18.5 Å². The zero-order valence-electron chi connectivity index (χ0n) is 14.1. The zero-order chi connectivity index (χ0) is 18.3. The molecule has 0 aromatic heterocycles. The summed E-state index contributed by atoms with van der Waals surface area (Å²) >= 11 is 0. The van der Waals surface area contributed by atoms with Gasteiger partial charge in [0.2, 0.25) is 5.91 Å². The molecule has 0 bridgehead atoms. The van der Waals surface area contributed by atoms with Gasteiger partial charge < -0.3 is 15.4 Å². The summed E-state index contributed by atoms with van der Waals surface area (Å²) in [4.78, 5) is 34.9. The number of carbonyl (C=O) groups is 3. The van der Waals surface area contributed by atoms with Crippen LogP contribution in [-0.2, 0) is 14.3 Å². The van der Waals surface area contributed by atoms with Crippen LogP contribution in [0.1, 0.15) is 49.4 Å². The van der Waals surface area contributed by atoms with Crippen molar-refractivity contribution in [2.45, 2.75) is 44.6 Å². The predicted octanol–water partition coefficient (Wildman–Crippen LogP) is 2.14. The molecule has 7 heteroatoms. The molecule has 0 radical (unpaired) electrons. The highest BCUT2D eigenvalue weighted by Gasteiger charge is 2.33. The predicted molar refractivity (Wildman–Crippen MR) is 90.6 cm³/mol. The van der Waals surface area contributed by atoms with E-state index in [1.807, 2.05) is 0 Å².